The lowest BCUT2D eigenvalue weighted by Gasteiger charge is -2.24. The number of anilines is 1. The summed E-state index contributed by atoms with van der Waals surface area (Å²) in [5.74, 6) is -3.14. The van der Waals surface area contributed by atoms with Gasteiger partial charge in [-0.15, -0.1) is 0 Å². The molecule has 2 amide bonds. The van der Waals surface area contributed by atoms with Crippen LogP contribution in [0.1, 0.15) is 58.3 Å². The van der Waals surface area contributed by atoms with Crippen molar-refractivity contribution in [2.24, 2.45) is 0 Å². The van der Waals surface area contributed by atoms with Crippen molar-refractivity contribution in [1.82, 2.24) is 5.32 Å². The molecular formula is C20H21FN2O4. The van der Waals surface area contributed by atoms with Crippen LogP contribution in [0, 0.1) is 5.82 Å². The molecule has 3 N–H and O–H groups in total. The van der Waals surface area contributed by atoms with Gasteiger partial charge in [-0.05, 0) is 62.7 Å². The summed E-state index contributed by atoms with van der Waals surface area (Å²) in [7, 11) is 0. The molecule has 2 rings (SSSR count). The third kappa shape index (κ3) is 5.13. The first-order valence-corrected chi connectivity index (χ1v) is 8.40. The number of hydrogen-bond donors (Lipinski definition) is 3. The lowest BCUT2D eigenvalue weighted by Crippen LogP contribution is -2.42. The minimum absolute atomic E-state index is 0.227. The van der Waals surface area contributed by atoms with Crippen LogP contribution in [-0.4, -0.2) is 28.4 Å². The highest BCUT2D eigenvalue weighted by Gasteiger charge is 2.19. The van der Waals surface area contributed by atoms with E-state index in [2.05, 4.69) is 10.6 Å². The Morgan fingerprint density at radius 2 is 1.59 bits per heavy atom. The number of carboxylic acids is 1. The second-order valence-corrected chi connectivity index (χ2v) is 6.72. The highest BCUT2D eigenvalue weighted by molar-refractivity contribution is 6.05. The molecule has 7 heteroatoms. The summed E-state index contributed by atoms with van der Waals surface area (Å²) in [5.41, 5.74) is -0.0238. The summed E-state index contributed by atoms with van der Waals surface area (Å²) in [6.45, 7) is 5.81. The smallest absolute Gasteiger partial charge is 0.335 e. The second-order valence-electron chi connectivity index (χ2n) is 6.72. The highest BCUT2D eigenvalue weighted by atomic mass is 19.1. The molecule has 0 saturated carbocycles. The van der Waals surface area contributed by atoms with E-state index in [0.717, 1.165) is 24.6 Å². The summed E-state index contributed by atoms with van der Waals surface area (Å²) in [6, 6.07) is 9.25. The maximum absolute atomic E-state index is 13.9. The number of hydrogen-bond acceptors (Lipinski definition) is 3. The number of rotatable bonds is 6. The van der Waals surface area contributed by atoms with Crippen LogP contribution in [0.15, 0.2) is 42.5 Å². The van der Waals surface area contributed by atoms with E-state index in [4.69, 9.17) is 5.11 Å². The zero-order chi connectivity index (χ0) is 20.2. The molecule has 2 aromatic rings. The molecule has 142 valence electrons. The average molecular weight is 372 g/mol. The van der Waals surface area contributed by atoms with Gasteiger partial charge in [0.15, 0.2) is 0 Å². The Labute approximate surface area is 156 Å². The lowest BCUT2D eigenvalue weighted by atomic mass is 10.0. The van der Waals surface area contributed by atoms with Crippen molar-refractivity contribution in [1.29, 1.82) is 0 Å². The Hall–Kier alpha value is -3.22. The van der Waals surface area contributed by atoms with Crippen LogP contribution in [0.3, 0.4) is 0 Å². The zero-order valence-corrected chi connectivity index (χ0v) is 15.3. The Balaban J connectivity index is 2.09. The van der Waals surface area contributed by atoms with E-state index in [-0.39, 0.29) is 22.6 Å². The predicted octanol–water partition coefficient (Wildman–Crippen LogP) is 3.69. The summed E-state index contributed by atoms with van der Waals surface area (Å²) < 4.78 is 13.9. The summed E-state index contributed by atoms with van der Waals surface area (Å²) in [5, 5.41) is 14.3. The van der Waals surface area contributed by atoms with Gasteiger partial charge in [-0.25, -0.2) is 9.18 Å². The number of carbonyl (C=O) groups is 3. The van der Waals surface area contributed by atoms with Crippen LogP contribution >= 0.6 is 0 Å². The first kappa shape index (κ1) is 20.1. The maximum Gasteiger partial charge on any atom is 0.335 e. The Morgan fingerprint density at radius 1 is 1.00 bits per heavy atom. The van der Waals surface area contributed by atoms with Crippen LogP contribution in [0.2, 0.25) is 0 Å². The van der Waals surface area contributed by atoms with Crippen LogP contribution in [-0.2, 0) is 0 Å². The fourth-order valence-electron chi connectivity index (χ4n) is 2.20. The molecule has 0 heterocycles. The van der Waals surface area contributed by atoms with Gasteiger partial charge in [-0.1, -0.05) is 6.92 Å². The SMILES string of the molecule is CCC(C)(C)NC(=O)c1ccc(NC(=O)c2ccc(C(=O)O)cc2F)cc1. The van der Waals surface area contributed by atoms with E-state index in [9.17, 15) is 18.8 Å². The van der Waals surface area contributed by atoms with Crippen molar-refractivity contribution in [2.45, 2.75) is 32.7 Å². The molecule has 0 spiro atoms. The summed E-state index contributed by atoms with van der Waals surface area (Å²) in [6.07, 6.45) is 0.777. The first-order valence-electron chi connectivity index (χ1n) is 8.40. The van der Waals surface area contributed by atoms with Gasteiger partial charge >= 0.3 is 5.97 Å². The molecule has 0 radical (unpaired) electrons. The van der Waals surface area contributed by atoms with Crippen molar-refractivity contribution in [3.8, 4) is 0 Å². The first-order chi connectivity index (χ1) is 12.6. The molecule has 0 unspecified atom stereocenters. The Bertz CT molecular complexity index is 876. The molecule has 0 bridgehead atoms. The standard InChI is InChI=1S/C20H21FN2O4/c1-4-20(2,3)23-17(24)12-5-8-14(9-6-12)22-18(25)15-10-7-13(19(26)27)11-16(15)21/h5-11H,4H2,1-3H3,(H,22,25)(H,23,24)(H,26,27). The minimum Gasteiger partial charge on any atom is -0.478 e. The van der Waals surface area contributed by atoms with Crippen LogP contribution in [0.4, 0.5) is 10.1 Å². The molecule has 0 atom stereocenters. The van der Waals surface area contributed by atoms with Crippen LogP contribution in [0.5, 0.6) is 0 Å². The van der Waals surface area contributed by atoms with Crippen LogP contribution < -0.4 is 10.6 Å². The average Bonchev–Trinajstić information content (AvgIpc) is 2.61. The van der Waals surface area contributed by atoms with Crippen molar-refractivity contribution in [2.75, 3.05) is 5.32 Å². The monoisotopic (exact) mass is 372 g/mol. The molecule has 0 aliphatic heterocycles. The zero-order valence-electron chi connectivity index (χ0n) is 15.3. The van der Waals surface area contributed by atoms with E-state index in [0.29, 0.717) is 11.3 Å². The summed E-state index contributed by atoms with van der Waals surface area (Å²) in [4.78, 5) is 35.2. The quantitative estimate of drug-likeness (QED) is 0.720. The van der Waals surface area contributed by atoms with Gasteiger partial charge in [0.05, 0.1) is 11.1 Å². The number of aromatic carboxylic acids is 1. The third-order valence-corrected chi connectivity index (χ3v) is 4.20. The summed E-state index contributed by atoms with van der Waals surface area (Å²) >= 11 is 0. The van der Waals surface area contributed by atoms with Crippen LogP contribution in [0.25, 0.3) is 0 Å². The van der Waals surface area contributed by atoms with E-state index >= 15 is 0 Å². The number of carbonyl (C=O) groups excluding carboxylic acids is 2. The van der Waals surface area contributed by atoms with Crippen molar-refractivity contribution >= 4 is 23.5 Å². The predicted molar refractivity (Wildman–Crippen MR) is 99.6 cm³/mol. The van der Waals surface area contributed by atoms with Crippen molar-refractivity contribution < 1.29 is 23.9 Å². The van der Waals surface area contributed by atoms with Gasteiger partial charge in [-0.3, -0.25) is 9.59 Å². The Morgan fingerprint density at radius 3 is 2.11 bits per heavy atom. The van der Waals surface area contributed by atoms with Crippen molar-refractivity contribution in [3.05, 3.63) is 65.0 Å². The van der Waals surface area contributed by atoms with E-state index in [1.54, 1.807) is 12.1 Å². The largest absolute Gasteiger partial charge is 0.478 e. The topological polar surface area (TPSA) is 95.5 Å². The van der Waals surface area contributed by atoms with Crippen molar-refractivity contribution in [3.63, 3.8) is 0 Å². The number of amides is 2. The molecule has 0 aromatic heterocycles. The second kappa shape index (κ2) is 7.99. The minimum atomic E-state index is -1.28. The number of nitrogens with one attached hydrogen (secondary N) is 2. The van der Waals surface area contributed by atoms with Gasteiger partial charge < -0.3 is 15.7 Å². The molecule has 0 aliphatic carbocycles. The van der Waals surface area contributed by atoms with Gasteiger partial charge in [0, 0.05) is 16.8 Å². The normalized spacial score (nSPS) is 11.0. The molecule has 0 saturated heterocycles. The number of benzene rings is 2. The van der Waals surface area contributed by atoms with Gasteiger partial charge in [0.25, 0.3) is 11.8 Å². The molecule has 0 fully saturated rings. The van der Waals surface area contributed by atoms with Gasteiger partial charge in [0.1, 0.15) is 5.82 Å². The molecule has 27 heavy (non-hydrogen) atoms. The highest BCUT2D eigenvalue weighted by Crippen LogP contribution is 2.16. The fraction of sp³-hybridized carbons (Fsp3) is 0.250. The van der Waals surface area contributed by atoms with E-state index in [1.807, 2.05) is 20.8 Å². The van der Waals surface area contributed by atoms with E-state index in [1.165, 1.54) is 12.1 Å². The Kier molecular flexibility index (Phi) is 5.95. The maximum atomic E-state index is 13.9. The molecule has 0 aliphatic rings. The van der Waals surface area contributed by atoms with Gasteiger partial charge in [-0.2, -0.15) is 0 Å². The molecule has 2 aromatic carbocycles. The van der Waals surface area contributed by atoms with E-state index < -0.39 is 17.7 Å². The molecular weight excluding hydrogens is 351 g/mol. The molecule has 6 nitrogen and oxygen atoms in total. The lowest BCUT2D eigenvalue weighted by molar-refractivity contribution is 0.0695. The third-order valence-electron chi connectivity index (χ3n) is 4.20. The fourth-order valence-corrected chi connectivity index (χ4v) is 2.20. The van der Waals surface area contributed by atoms with Gasteiger partial charge in [0.2, 0.25) is 0 Å². The number of carboxylic acid groups (broad SMARTS) is 1. The number of halogens is 1.